The first-order chi connectivity index (χ1) is 19.1. The maximum Gasteiger partial charge on any atom is 0.416 e. The van der Waals surface area contributed by atoms with Gasteiger partial charge in [-0.3, -0.25) is 9.79 Å². The summed E-state index contributed by atoms with van der Waals surface area (Å²) in [6.45, 7) is 0. The predicted molar refractivity (Wildman–Crippen MR) is 143 cm³/mol. The second-order valence-corrected chi connectivity index (χ2v) is 9.31. The molecule has 1 atom stereocenters. The summed E-state index contributed by atoms with van der Waals surface area (Å²) in [5.74, 6) is -1.79. The Hall–Kier alpha value is -4.99. The Morgan fingerprint density at radius 2 is 1.73 bits per heavy atom. The lowest BCUT2D eigenvalue weighted by molar-refractivity contribution is -0.137. The molecule has 0 fully saturated rings. The molecule has 1 unspecified atom stereocenters. The molecular weight excluding hydrogens is 523 g/mol. The maximum atomic E-state index is 13.3. The van der Waals surface area contributed by atoms with E-state index in [1.165, 1.54) is 30.3 Å². The highest BCUT2D eigenvalue weighted by atomic mass is 19.4. The Morgan fingerprint density at radius 1 is 0.975 bits per heavy atom. The van der Waals surface area contributed by atoms with E-state index in [2.05, 4.69) is 15.3 Å². The first-order valence-corrected chi connectivity index (χ1v) is 12.2. The summed E-state index contributed by atoms with van der Waals surface area (Å²) in [7, 11) is 0. The molecule has 0 bridgehead atoms. The number of pyridine rings is 1. The van der Waals surface area contributed by atoms with Crippen LogP contribution in [0.5, 0.6) is 5.75 Å². The maximum absolute atomic E-state index is 13.3. The summed E-state index contributed by atoms with van der Waals surface area (Å²) < 4.78 is 39.6. The number of carboxylic acid groups (broad SMARTS) is 1. The third-order valence-electron chi connectivity index (χ3n) is 6.60. The third kappa shape index (κ3) is 5.70. The number of benzene rings is 3. The van der Waals surface area contributed by atoms with Crippen molar-refractivity contribution in [2.75, 3.05) is 0 Å². The highest BCUT2D eigenvalue weighted by Gasteiger charge is 2.30. The molecular formula is C30H22F3N3O4. The van der Waals surface area contributed by atoms with Gasteiger partial charge in [0.05, 0.1) is 22.7 Å². The van der Waals surface area contributed by atoms with Gasteiger partial charge in [-0.25, -0.2) is 9.78 Å². The summed E-state index contributed by atoms with van der Waals surface area (Å²) in [6.07, 6.45) is -0.210. The predicted octanol–water partition coefficient (Wildman–Crippen LogP) is 6.02. The summed E-state index contributed by atoms with van der Waals surface area (Å²) >= 11 is 0. The number of nitrogens with zero attached hydrogens (tertiary/aromatic N) is 2. The van der Waals surface area contributed by atoms with Crippen LogP contribution in [0.1, 0.15) is 38.4 Å². The van der Waals surface area contributed by atoms with Gasteiger partial charge in [0.25, 0.3) is 5.91 Å². The zero-order valence-corrected chi connectivity index (χ0v) is 20.8. The van der Waals surface area contributed by atoms with Crippen molar-refractivity contribution >= 4 is 29.0 Å². The Labute approximate surface area is 226 Å². The monoisotopic (exact) mass is 545 g/mol. The van der Waals surface area contributed by atoms with Gasteiger partial charge in [0.2, 0.25) is 0 Å². The van der Waals surface area contributed by atoms with Crippen LogP contribution < -0.4 is 5.32 Å². The number of nitrogens with one attached hydrogen (secondary N) is 1. The number of carbonyl (C=O) groups excluding carboxylic acids is 1. The van der Waals surface area contributed by atoms with E-state index in [9.17, 15) is 33.0 Å². The number of aliphatic imine (C=N–C) groups is 1. The van der Waals surface area contributed by atoms with Crippen molar-refractivity contribution in [2.24, 2.45) is 4.99 Å². The average molecular weight is 546 g/mol. The van der Waals surface area contributed by atoms with Gasteiger partial charge in [0.1, 0.15) is 11.4 Å². The number of rotatable bonds is 7. The standard InChI is InChI=1S/C30H22F3N3O4/c31-30(32,33)21-3-1-2-18(13-21)19-6-9-25-23(14-19)24(29(39)40)15-27(35-25)28(38)36-26(20-10-11-34-16-20)12-17-4-7-22(37)8-5-17/h1-9,11,13-16,26,37H,10,12H2,(H,36,38)(H,39,40). The number of fused-ring (bicyclic) bond motifs is 1. The van der Waals surface area contributed by atoms with Crippen LogP contribution in [0.3, 0.4) is 0 Å². The quantitative estimate of drug-likeness (QED) is 0.263. The molecule has 1 aliphatic heterocycles. The van der Waals surface area contributed by atoms with E-state index in [0.717, 1.165) is 29.3 Å². The molecule has 3 N–H and O–H groups in total. The number of aromatic carboxylic acids is 1. The molecule has 10 heteroatoms. The van der Waals surface area contributed by atoms with E-state index >= 15 is 0 Å². The van der Waals surface area contributed by atoms with Crippen molar-refractivity contribution in [2.45, 2.75) is 25.1 Å². The van der Waals surface area contributed by atoms with E-state index in [4.69, 9.17) is 0 Å². The molecule has 1 aromatic heterocycles. The second kappa shape index (κ2) is 10.6. The number of aromatic hydroxyl groups is 1. The number of phenols is 1. The summed E-state index contributed by atoms with van der Waals surface area (Å²) in [6, 6.07) is 16.5. The third-order valence-corrected chi connectivity index (χ3v) is 6.60. The van der Waals surface area contributed by atoms with Crippen LogP contribution in [0.25, 0.3) is 22.0 Å². The van der Waals surface area contributed by atoms with Gasteiger partial charge in [0.15, 0.2) is 0 Å². The minimum atomic E-state index is -4.52. The van der Waals surface area contributed by atoms with Crippen molar-refractivity contribution in [3.05, 3.63) is 107 Å². The van der Waals surface area contributed by atoms with Crippen molar-refractivity contribution in [1.82, 2.24) is 10.3 Å². The molecule has 5 rings (SSSR count). The van der Waals surface area contributed by atoms with Crippen LogP contribution in [-0.4, -0.2) is 39.3 Å². The normalized spacial score (nSPS) is 13.7. The molecule has 0 saturated heterocycles. The van der Waals surface area contributed by atoms with Crippen molar-refractivity contribution in [3.8, 4) is 16.9 Å². The fourth-order valence-electron chi connectivity index (χ4n) is 4.54. The van der Waals surface area contributed by atoms with Gasteiger partial charge in [-0.05, 0) is 71.1 Å². The lowest BCUT2D eigenvalue weighted by Gasteiger charge is -2.20. The highest BCUT2D eigenvalue weighted by Crippen LogP contribution is 2.33. The number of alkyl halides is 3. The van der Waals surface area contributed by atoms with E-state index in [0.29, 0.717) is 18.4 Å². The van der Waals surface area contributed by atoms with Gasteiger partial charge < -0.3 is 15.5 Å². The van der Waals surface area contributed by atoms with E-state index < -0.39 is 29.7 Å². The molecule has 4 aromatic rings. The van der Waals surface area contributed by atoms with Gasteiger partial charge in [-0.15, -0.1) is 0 Å². The van der Waals surface area contributed by atoms with Crippen LogP contribution >= 0.6 is 0 Å². The molecule has 0 spiro atoms. The molecule has 40 heavy (non-hydrogen) atoms. The molecule has 7 nitrogen and oxygen atoms in total. The van der Waals surface area contributed by atoms with Crippen molar-refractivity contribution in [3.63, 3.8) is 0 Å². The molecule has 0 saturated carbocycles. The minimum Gasteiger partial charge on any atom is -0.508 e. The number of aromatic nitrogens is 1. The molecule has 3 aromatic carbocycles. The number of hydrogen-bond acceptors (Lipinski definition) is 5. The van der Waals surface area contributed by atoms with Crippen molar-refractivity contribution in [1.29, 1.82) is 0 Å². The van der Waals surface area contributed by atoms with E-state index in [1.54, 1.807) is 36.7 Å². The summed E-state index contributed by atoms with van der Waals surface area (Å²) in [5, 5.41) is 22.6. The Morgan fingerprint density at radius 3 is 2.40 bits per heavy atom. The smallest absolute Gasteiger partial charge is 0.416 e. The van der Waals surface area contributed by atoms with Crippen LogP contribution in [0, 0.1) is 0 Å². The summed E-state index contributed by atoms with van der Waals surface area (Å²) in [5.41, 5.74) is 1.41. The highest BCUT2D eigenvalue weighted by molar-refractivity contribution is 6.06. The molecule has 202 valence electrons. The zero-order chi connectivity index (χ0) is 28.4. The number of halogens is 3. The number of hydrogen-bond donors (Lipinski definition) is 3. The number of amides is 1. The fourth-order valence-corrected chi connectivity index (χ4v) is 4.54. The van der Waals surface area contributed by atoms with Crippen LogP contribution in [0.4, 0.5) is 13.2 Å². The first-order valence-electron chi connectivity index (χ1n) is 12.2. The lowest BCUT2D eigenvalue weighted by atomic mass is 9.97. The Bertz CT molecular complexity index is 1680. The largest absolute Gasteiger partial charge is 0.508 e. The second-order valence-electron chi connectivity index (χ2n) is 9.31. The molecule has 0 radical (unpaired) electrons. The van der Waals surface area contributed by atoms with Gasteiger partial charge in [0, 0.05) is 24.2 Å². The van der Waals surface area contributed by atoms with Gasteiger partial charge >= 0.3 is 12.1 Å². The Kier molecular flexibility index (Phi) is 7.08. The minimum absolute atomic E-state index is 0.116. The Balaban J connectivity index is 1.47. The summed E-state index contributed by atoms with van der Waals surface area (Å²) in [4.78, 5) is 34.0. The van der Waals surface area contributed by atoms with Crippen LogP contribution in [0.2, 0.25) is 0 Å². The average Bonchev–Trinajstić information content (AvgIpc) is 3.47. The first kappa shape index (κ1) is 26.6. The molecule has 1 amide bonds. The van der Waals surface area contributed by atoms with Crippen LogP contribution in [-0.2, 0) is 12.6 Å². The number of carboxylic acids is 1. The molecule has 1 aliphatic rings. The topological polar surface area (TPSA) is 112 Å². The molecule has 2 heterocycles. The number of phenolic OH excluding ortho intramolecular Hbond substituents is 1. The fraction of sp³-hybridized carbons (Fsp3) is 0.133. The molecule has 0 aliphatic carbocycles. The van der Waals surface area contributed by atoms with Gasteiger partial charge in [-0.2, -0.15) is 13.2 Å². The van der Waals surface area contributed by atoms with Crippen molar-refractivity contribution < 1.29 is 33.0 Å². The van der Waals surface area contributed by atoms with Gasteiger partial charge in [-0.1, -0.05) is 30.3 Å². The zero-order valence-electron chi connectivity index (χ0n) is 20.8. The van der Waals surface area contributed by atoms with E-state index in [-0.39, 0.29) is 33.5 Å². The van der Waals surface area contributed by atoms with Crippen LogP contribution in [0.15, 0.2) is 89.6 Å². The number of carbonyl (C=O) groups is 2. The lowest BCUT2D eigenvalue weighted by Crippen LogP contribution is -2.38. The SMILES string of the molecule is O=C(NC(Cc1ccc(O)cc1)C1=CN=CC1)c1cc(C(=O)O)c2cc(-c3cccc(C(F)(F)F)c3)ccc2n1. The van der Waals surface area contributed by atoms with E-state index in [1.807, 2.05) is 0 Å².